The van der Waals surface area contributed by atoms with E-state index in [0.717, 1.165) is 32.5 Å². The minimum absolute atomic E-state index is 0.0425. The molecule has 0 radical (unpaired) electrons. The third kappa shape index (κ3) is 4.49. The van der Waals surface area contributed by atoms with E-state index in [9.17, 15) is 9.59 Å². The summed E-state index contributed by atoms with van der Waals surface area (Å²) in [5.41, 5.74) is 2.13. The molecule has 0 aliphatic carbocycles. The van der Waals surface area contributed by atoms with Gasteiger partial charge in [-0.05, 0) is 37.1 Å². The number of methoxy groups -OCH3 is 1. The first-order chi connectivity index (χ1) is 12.7. The molecule has 0 spiro atoms. The number of benzene rings is 2. The average Bonchev–Trinajstić information content (AvgIpc) is 2.69. The fourth-order valence-corrected chi connectivity index (χ4v) is 3.37. The number of likely N-dealkylation sites (tertiary alicyclic amines) is 1. The number of para-hydroxylation sites is 1. The predicted molar refractivity (Wildman–Crippen MR) is 101 cm³/mol. The van der Waals surface area contributed by atoms with Crippen molar-refractivity contribution in [2.45, 2.75) is 19.4 Å². The number of carbonyl (C=O) groups is 2. The monoisotopic (exact) mass is 352 g/mol. The molecule has 1 aliphatic heterocycles. The minimum Gasteiger partial charge on any atom is -0.465 e. The molecule has 1 amide bonds. The van der Waals surface area contributed by atoms with Gasteiger partial charge in [-0.1, -0.05) is 42.5 Å². The van der Waals surface area contributed by atoms with Crippen molar-refractivity contribution in [3.63, 3.8) is 0 Å². The molecule has 5 heteroatoms. The van der Waals surface area contributed by atoms with Crippen LogP contribution in [-0.4, -0.2) is 37.0 Å². The van der Waals surface area contributed by atoms with Crippen molar-refractivity contribution >= 4 is 17.6 Å². The second-order valence-corrected chi connectivity index (χ2v) is 6.59. The van der Waals surface area contributed by atoms with Crippen molar-refractivity contribution < 1.29 is 14.3 Å². The molecule has 1 fully saturated rings. The highest BCUT2D eigenvalue weighted by Gasteiger charge is 2.26. The van der Waals surface area contributed by atoms with Gasteiger partial charge in [0, 0.05) is 13.1 Å². The Morgan fingerprint density at radius 1 is 1.12 bits per heavy atom. The smallest absolute Gasteiger partial charge is 0.339 e. The summed E-state index contributed by atoms with van der Waals surface area (Å²) in [6.07, 6.45) is 1.85. The zero-order valence-electron chi connectivity index (χ0n) is 15.0. The summed E-state index contributed by atoms with van der Waals surface area (Å²) in [5, 5.41) is 2.91. The van der Waals surface area contributed by atoms with Crippen molar-refractivity contribution in [1.29, 1.82) is 0 Å². The van der Waals surface area contributed by atoms with Crippen LogP contribution < -0.4 is 5.32 Å². The summed E-state index contributed by atoms with van der Waals surface area (Å²) in [4.78, 5) is 26.9. The number of rotatable bonds is 5. The Kier molecular flexibility index (Phi) is 6.02. The van der Waals surface area contributed by atoms with Crippen LogP contribution in [0.5, 0.6) is 0 Å². The van der Waals surface area contributed by atoms with Gasteiger partial charge in [0.15, 0.2) is 0 Å². The van der Waals surface area contributed by atoms with Gasteiger partial charge in [-0.15, -0.1) is 0 Å². The topological polar surface area (TPSA) is 58.6 Å². The summed E-state index contributed by atoms with van der Waals surface area (Å²) in [6.45, 7) is 2.57. The van der Waals surface area contributed by atoms with E-state index in [1.807, 2.05) is 18.2 Å². The van der Waals surface area contributed by atoms with Gasteiger partial charge in [-0.2, -0.15) is 0 Å². The van der Waals surface area contributed by atoms with Crippen molar-refractivity contribution in [2.24, 2.45) is 5.92 Å². The lowest BCUT2D eigenvalue weighted by Crippen LogP contribution is -2.40. The zero-order chi connectivity index (χ0) is 18.4. The Labute approximate surface area is 154 Å². The molecule has 5 nitrogen and oxygen atoms in total. The summed E-state index contributed by atoms with van der Waals surface area (Å²) < 4.78 is 4.79. The molecule has 3 rings (SSSR count). The molecule has 0 unspecified atom stereocenters. The number of anilines is 1. The van der Waals surface area contributed by atoms with E-state index in [1.54, 1.807) is 24.3 Å². The quantitative estimate of drug-likeness (QED) is 0.839. The van der Waals surface area contributed by atoms with Crippen LogP contribution in [0.15, 0.2) is 54.6 Å². The third-order valence-corrected chi connectivity index (χ3v) is 4.72. The molecule has 1 N–H and O–H groups in total. The standard InChI is InChI=1S/C21H24N2O3/c1-26-21(25)18-11-5-6-12-19(18)22-20(24)17-10-7-13-23(15-17)14-16-8-3-2-4-9-16/h2-6,8-9,11-12,17H,7,10,13-15H2,1H3,(H,22,24)/t17-/m0/s1. The number of piperidine rings is 1. The maximum Gasteiger partial charge on any atom is 0.339 e. The second-order valence-electron chi connectivity index (χ2n) is 6.59. The molecule has 0 bridgehead atoms. The van der Waals surface area contributed by atoms with E-state index in [4.69, 9.17) is 4.74 Å². The largest absolute Gasteiger partial charge is 0.465 e. The average molecular weight is 352 g/mol. The molecular weight excluding hydrogens is 328 g/mol. The van der Waals surface area contributed by atoms with Crippen molar-refractivity contribution in [3.05, 3.63) is 65.7 Å². The molecule has 26 heavy (non-hydrogen) atoms. The number of hydrogen-bond donors (Lipinski definition) is 1. The fourth-order valence-electron chi connectivity index (χ4n) is 3.37. The Hall–Kier alpha value is -2.66. The highest BCUT2D eigenvalue weighted by Crippen LogP contribution is 2.22. The normalized spacial score (nSPS) is 17.5. The van der Waals surface area contributed by atoms with Crippen LogP contribution >= 0.6 is 0 Å². The van der Waals surface area contributed by atoms with E-state index in [0.29, 0.717) is 11.3 Å². The first kappa shape index (κ1) is 18.1. The van der Waals surface area contributed by atoms with Crippen LogP contribution in [0, 0.1) is 5.92 Å². The van der Waals surface area contributed by atoms with E-state index < -0.39 is 5.97 Å². The minimum atomic E-state index is -0.449. The van der Waals surface area contributed by atoms with Gasteiger partial charge in [-0.25, -0.2) is 4.79 Å². The highest BCUT2D eigenvalue weighted by atomic mass is 16.5. The predicted octanol–water partition coefficient (Wildman–Crippen LogP) is 3.32. The van der Waals surface area contributed by atoms with E-state index in [1.165, 1.54) is 12.7 Å². The van der Waals surface area contributed by atoms with Gasteiger partial charge in [-0.3, -0.25) is 9.69 Å². The first-order valence-electron chi connectivity index (χ1n) is 8.92. The van der Waals surface area contributed by atoms with Crippen LogP contribution in [0.1, 0.15) is 28.8 Å². The van der Waals surface area contributed by atoms with Gasteiger partial charge in [0.05, 0.1) is 24.3 Å². The van der Waals surface area contributed by atoms with Crippen LogP contribution in [0.3, 0.4) is 0 Å². The summed E-state index contributed by atoms with van der Waals surface area (Å²) >= 11 is 0. The lowest BCUT2D eigenvalue weighted by molar-refractivity contribution is -0.121. The molecule has 1 aliphatic rings. The molecule has 0 saturated carbocycles. The maximum absolute atomic E-state index is 12.7. The maximum atomic E-state index is 12.7. The molecule has 1 heterocycles. The SMILES string of the molecule is COC(=O)c1ccccc1NC(=O)[C@H]1CCCN(Cc2ccccc2)C1. The van der Waals surface area contributed by atoms with Crippen molar-refractivity contribution in [3.8, 4) is 0 Å². The molecule has 2 aromatic carbocycles. The molecule has 136 valence electrons. The van der Waals surface area contributed by atoms with Crippen LogP contribution in [0.25, 0.3) is 0 Å². The van der Waals surface area contributed by atoms with Crippen LogP contribution in [0.2, 0.25) is 0 Å². The van der Waals surface area contributed by atoms with Gasteiger partial charge >= 0.3 is 5.97 Å². The molecule has 0 aromatic heterocycles. The lowest BCUT2D eigenvalue weighted by Gasteiger charge is -2.32. The van der Waals surface area contributed by atoms with Crippen molar-refractivity contribution in [1.82, 2.24) is 4.90 Å². The summed E-state index contributed by atoms with van der Waals surface area (Å²) in [7, 11) is 1.34. The molecule has 2 aromatic rings. The summed E-state index contributed by atoms with van der Waals surface area (Å²) in [6, 6.07) is 17.2. The number of ether oxygens (including phenoxy) is 1. The Morgan fingerprint density at radius 3 is 2.62 bits per heavy atom. The first-order valence-corrected chi connectivity index (χ1v) is 8.92. The molecule has 1 saturated heterocycles. The van der Waals surface area contributed by atoms with Gasteiger partial charge < -0.3 is 10.1 Å². The second kappa shape index (κ2) is 8.63. The number of carbonyl (C=O) groups excluding carboxylic acids is 2. The Bertz CT molecular complexity index is 761. The Balaban J connectivity index is 1.64. The fraction of sp³-hybridized carbons (Fsp3) is 0.333. The number of hydrogen-bond acceptors (Lipinski definition) is 4. The van der Waals surface area contributed by atoms with Gasteiger partial charge in [0.25, 0.3) is 0 Å². The Morgan fingerprint density at radius 2 is 1.85 bits per heavy atom. The van der Waals surface area contributed by atoms with Gasteiger partial charge in [0.2, 0.25) is 5.91 Å². The third-order valence-electron chi connectivity index (χ3n) is 4.72. The van der Waals surface area contributed by atoms with Gasteiger partial charge in [0.1, 0.15) is 0 Å². The highest BCUT2D eigenvalue weighted by molar-refractivity contribution is 6.01. The van der Waals surface area contributed by atoms with Crippen LogP contribution in [0.4, 0.5) is 5.69 Å². The summed E-state index contributed by atoms with van der Waals surface area (Å²) in [5.74, 6) is -0.576. The van der Waals surface area contributed by atoms with Crippen molar-refractivity contribution in [2.75, 3.05) is 25.5 Å². The molecular formula is C21H24N2O3. The van der Waals surface area contributed by atoms with E-state index in [-0.39, 0.29) is 11.8 Å². The number of nitrogens with one attached hydrogen (secondary N) is 1. The van der Waals surface area contributed by atoms with E-state index >= 15 is 0 Å². The molecule has 1 atom stereocenters. The number of esters is 1. The van der Waals surface area contributed by atoms with E-state index in [2.05, 4.69) is 22.3 Å². The number of nitrogens with zero attached hydrogens (tertiary/aromatic N) is 1. The zero-order valence-corrected chi connectivity index (χ0v) is 15.0. The van der Waals surface area contributed by atoms with Crippen LogP contribution in [-0.2, 0) is 16.1 Å². The lowest BCUT2D eigenvalue weighted by atomic mass is 9.96. The number of amides is 1.